The van der Waals surface area contributed by atoms with Gasteiger partial charge in [0.2, 0.25) is 0 Å². The van der Waals surface area contributed by atoms with Crippen molar-refractivity contribution in [2.45, 2.75) is 18.8 Å². The standard InChI is InChI=1S/C26H22ClF2N3O3/c1-35-24-10-17(14-6-8-31(9-7-14)22-11-18(27)21(30)12-20(22)29)19(28)13-23(24)32-25(33)15-4-2-3-5-16(15)26(32)34/h2-5,10-14H,6-9,30H2,1H3. The third-order valence-electron chi connectivity index (χ3n) is 6.67. The van der Waals surface area contributed by atoms with E-state index in [-0.39, 0.29) is 39.2 Å². The molecule has 3 aromatic rings. The second-order valence-electron chi connectivity index (χ2n) is 8.62. The van der Waals surface area contributed by atoms with Crippen molar-refractivity contribution in [3.05, 3.63) is 81.9 Å². The van der Waals surface area contributed by atoms with Crippen molar-refractivity contribution in [2.75, 3.05) is 35.7 Å². The molecular formula is C26H22ClF2N3O3. The minimum atomic E-state index is -0.530. The lowest BCUT2D eigenvalue weighted by Gasteiger charge is -2.34. The summed E-state index contributed by atoms with van der Waals surface area (Å²) in [6.45, 7) is 0.980. The number of hydrogen-bond acceptors (Lipinski definition) is 5. The minimum absolute atomic E-state index is 0.0657. The summed E-state index contributed by atoms with van der Waals surface area (Å²) >= 11 is 6.07. The number of halogens is 3. The number of nitrogen functional groups attached to an aromatic ring is 1. The van der Waals surface area contributed by atoms with E-state index in [1.54, 1.807) is 30.3 Å². The maximum absolute atomic E-state index is 15.4. The molecule has 0 atom stereocenters. The van der Waals surface area contributed by atoms with Gasteiger partial charge >= 0.3 is 0 Å². The summed E-state index contributed by atoms with van der Waals surface area (Å²) in [5.41, 5.74) is 7.24. The van der Waals surface area contributed by atoms with Crippen LogP contribution in [0.4, 0.5) is 25.8 Å². The van der Waals surface area contributed by atoms with E-state index in [4.69, 9.17) is 22.1 Å². The lowest BCUT2D eigenvalue weighted by Crippen LogP contribution is -2.34. The molecule has 3 aromatic carbocycles. The summed E-state index contributed by atoms with van der Waals surface area (Å²) in [6, 6.07) is 11.9. The normalized spacial score (nSPS) is 16.1. The second kappa shape index (κ2) is 8.85. The van der Waals surface area contributed by atoms with Gasteiger partial charge in [-0.2, -0.15) is 0 Å². The number of nitrogens with zero attached hydrogens (tertiary/aromatic N) is 2. The Balaban J connectivity index is 1.40. The SMILES string of the molecule is COc1cc(C2CCN(c3cc(Cl)c(N)cc3F)CC2)c(F)cc1N1C(=O)c2ccccc2C1=O. The molecule has 2 aliphatic rings. The molecule has 0 aliphatic carbocycles. The van der Waals surface area contributed by atoms with Crippen LogP contribution in [0, 0.1) is 11.6 Å². The zero-order valence-corrected chi connectivity index (χ0v) is 19.6. The van der Waals surface area contributed by atoms with Gasteiger partial charge in [0.25, 0.3) is 11.8 Å². The molecule has 2 aliphatic heterocycles. The Labute approximate surface area is 205 Å². The smallest absolute Gasteiger partial charge is 0.266 e. The van der Waals surface area contributed by atoms with E-state index in [0.29, 0.717) is 37.2 Å². The summed E-state index contributed by atoms with van der Waals surface area (Å²) in [7, 11) is 1.41. The van der Waals surface area contributed by atoms with E-state index < -0.39 is 23.4 Å². The van der Waals surface area contributed by atoms with E-state index in [1.807, 2.05) is 4.90 Å². The van der Waals surface area contributed by atoms with E-state index in [0.717, 1.165) is 4.90 Å². The van der Waals surface area contributed by atoms with Crippen LogP contribution in [0.2, 0.25) is 5.02 Å². The molecule has 0 radical (unpaired) electrons. The fourth-order valence-corrected chi connectivity index (χ4v) is 5.00. The van der Waals surface area contributed by atoms with Crippen LogP contribution in [0.3, 0.4) is 0 Å². The molecular weight excluding hydrogens is 476 g/mol. The molecule has 180 valence electrons. The first-order valence-corrected chi connectivity index (χ1v) is 11.5. The number of nitrogens with two attached hydrogens (primary N) is 1. The van der Waals surface area contributed by atoms with E-state index in [2.05, 4.69) is 0 Å². The largest absolute Gasteiger partial charge is 0.495 e. The van der Waals surface area contributed by atoms with Gasteiger partial charge in [-0.3, -0.25) is 9.59 Å². The van der Waals surface area contributed by atoms with Gasteiger partial charge in [0.15, 0.2) is 0 Å². The number of methoxy groups -OCH3 is 1. The summed E-state index contributed by atoms with van der Waals surface area (Å²) in [4.78, 5) is 28.6. The van der Waals surface area contributed by atoms with Crippen molar-refractivity contribution < 1.29 is 23.1 Å². The molecule has 1 saturated heterocycles. The number of carbonyl (C=O) groups excluding carboxylic acids is 2. The van der Waals surface area contributed by atoms with Gasteiger partial charge in [0.1, 0.15) is 17.4 Å². The van der Waals surface area contributed by atoms with Crippen molar-refractivity contribution in [1.82, 2.24) is 0 Å². The molecule has 0 aromatic heterocycles. The summed E-state index contributed by atoms with van der Waals surface area (Å²) in [5, 5.41) is 0.281. The molecule has 2 amide bonds. The fourth-order valence-electron chi connectivity index (χ4n) is 4.84. The Hall–Kier alpha value is -3.65. The molecule has 35 heavy (non-hydrogen) atoms. The van der Waals surface area contributed by atoms with Gasteiger partial charge in [0, 0.05) is 25.2 Å². The van der Waals surface area contributed by atoms with E-state index >= 15 is 4.39 Å². The first-order valence-electron chi connectivity index (χ1n) is 11.1. The van der Waals surface area contributed by atoms with Crippen molar-refractivity contribution >= 4 is 40.5 Å². The number of carbonyl (C=O) groups is 2. The van der Waals surface area contributed by atoms with Gasteiger partial charge in [0.05, 0.1) is 40.3 Å². The Morgan fingerprint density at radius 3 is 2.17 bits per heavy atom. The molecule has 5 rings (SSSR count). The number of ether oxygens (including phenoxy) is 1. The molecule has 2 N–H and O–H groups in total. The quantitative estimate of drug-likeness (QED) is 0.386. The Kier molecular flexibility index (Phi) is 5.84. The first-order chi connectivity index (χ1) is 16.8. The number of imide groups is 1. The Morgan fingerprint density at radius 2 is 1.57 bits per heavy atom. The van der Waals surface area contributed by atoms with Gasteiger partial charge in [-0.1, -0.05) is 23.7 Å². The highest BCUT2D eigenvalue weighted by Crippen LogP contribution is 2.41. The van der Waals surface area contributed by atoms with Gasteiger partial charge in [-0.15, -0.1) is 0 Å². The molecule has 0 unspecified atom stereocenters. The van der Waals surface area contributed by atoms with Crippen LogP contribution in [0.15, 0.2) is 48.5 Å². The summed E-state index contributed by atoms with van der Waals surface area (Å²) in [6.07, 6.45) is 1.13. The fraction of sp³-hybridized carbons (Fsp3) is 0.231. The molecule has 0 spiro atoms. The summed E-state index contributed by atoms with van der Waals surface area (Å²) in [5.74, 6) is -1.94. The molecule has 2 heterocycles. The number of anilines is 3. The third kappa shape index (κ3) is 3.87. The number of benzene rings is 3. The number of fused-ring (bicyclic) bond motifs is 1. The van der Waals surface area contributed by atoms with Crippen molar-refractivity contribution in [3.8, 4) is 5.75 Å². The molecule has 6 nitrogen and oxygen atoms in total. The minimum Gasteiger partial charge on any atom is -0.495 e. The Morgan fingerprint density at radius 1 is 0.943 bits per heavy atom. The number of piperidine rings is 1. The topological polar surface area (TPSA) is 75.9 Å². The highest BCUT2D eigenvalue weighted by molar-refractivity contribution is 6.35. The molecule has 0 saturated carbocycles. The highest BCUT2D eigenvalue weighted by Gasteiger charge is 2.38. The van der Waals surface area contributed by atoms with Crippen molar-refractivity contribution in [2.24, 2.45) is 0 Å². The maximum atomic E-state index is 15.4. The first kappa shape index (κ1) is 23.1. The molecule has 0 bridgehead atoms. The van der Waals surface area contributed by atoms with Crippen LogP contribution in [0.1, 0.15) is 45.0 Å². The third-order valence-corrected chi connectivity index (χ3v) is 7.00. The van der Waals surface area contributed by atoms with Gasteiger partial charge in [-0.05, 0) is 48.6 Å². The van der Waals surface area contributed by atoms with Crippen molar-refractivity contribution in [1.29, 1.82) is 0 Å². The molecule has 9 heteroatoms. The monoisotopic (exact) mass is 497 g/mol. The lowest BCUT2D eigenvalue weighted by molar-refractivity contribution is 0.0925. The number of rotatable bonds is 4. The highest BCUT2D eigenvalue weighted by atomic mass is 35.5. The van der Waals surface area contributed by atoms with Crippen LogP contribution in [-0.4, -0.2) is 32.0 Å². The average Bonchev–Trinajstić information content (AvgIpc) is 3.11. The lowest BCUT2D eigenvalue weighted by atomic mass is 9.88. The van der Waals surface area contributed by atoms with Crippen LogP contribution >= 0.6 is 11.6 Å². The summed E-state index contributed by atoms with van der Waals surface area (Å²) < 4.78 is 35.3. The van der Waals surface area contributed by atoms with Gasteiger partial charge in [-0.25, -0.2) is 13.7 Å². The maximum Gasteiger partial charge on any atom is 0.266 e. The van der Waals surface area contributed by atoms with Gasteiger partial charge < -0.3 is 15.4 Å². The van der Waals surface area contributed by atoms with Crippen LogP contribution in [0.25, 0.3) is 0 Å². The zero-order valence-electron chi connectivity index (χ0n) is 18.9. The predicted octanol–water partition coefficient (Wildman–Crippen LogP) is 5.39. The van der Waals surface area contributed by atoms with Crippen molar-refractivity contribution in [3.63, 3.8) is 0 Å². The average molecular weight is 498 g/mol. The second-order valence-corrected chi connectivity index (χ2v) is 9.03. The zero-order chi connectivity index (χ0) is 24.9. The number of amides is 2. The Bertz CT molecular complexity index is 1320. The van der Waals surface area contributed by atoms with Crippen LogP contribution < -0.4 is 20.3 Å². The van der Waals surface area contributed by atoms with Crippen LogP contribution in [0.5, 0.6) is 5.75 Å². The van der Waals surface area contributed by atoms with Crippen LogP contribution in [-0.2, 0) is 0 Å². The number of hydrogen-bond donors (Lipinski definition) is 1. The molecule has 1 fully saturated rings. The van der Waals surface area contributed by atoms with E-state index in [9.17, 15) is 14.0 Å². The predicted molar refractivity (Wildman–Crippen MR) is 131 cm³/mol. The van der Waals surface area contributed by atoms with E-state index in [1.165, 1.54) is 25.3 Å².